The fourth-order valence-corrected chi connectivity index (χ4v) is 1.95. The van der Waals surface area contributed by atoms with E-state index in [9.17, 15) is 8.42 Å². The van der Waals surface area contributed by atoms with Crippen molar-refractivity contribution < 1.29 is 8.42 Å². The van der Waals surface area contributed by atoms with E-state index in [-0.39, 0.29) is 12.6 Å². The second kappa shape index (κ2) is 4.97. The molecule has 6 heteroatoms. The number of rotatable bonds is 5. The third-order valence-corrected chi connectivity index (χ3v) is 4.15. The molecule has 0 aromatic carbocycles. The molecule has 1 aromatic heterocycles. The average molecular weight is 245 g/mol. The molecule has 0 spiro atoms. The minimum atomic E-state index is -3.22. The van der Waals surface area contributed by atoms with Gasteiger partial charge in [0.1, 0.15) is 5.82 Å². The Labute approximate surface area is 96.9 Å². The van der Waals surface area contributed by atoms with Crippen LogP contribution in [0.3, 0.4) is 0 Å². The van der Waals surface area contributed by atoms with E-state index in [1.54, 1.807) is 20.0 Å². The average Bonchev–Trinajstić information content (AvgIpc) is 2.62. The zero-order valence-corrected chi connectivity index (χ0v) is 11.0. The van der Waals surface area contributed by atoms with Crippen molar-refractivity contribution in [2.75, 3.05) is 0 Å². The lowest BCUT2D eigenvalue weighted by Gasteiger charge is -2.13. The van der Waals surface area contributed by atoms with Crippen molar-refractivity contribution in [2.45, 2.75) is 45.5 Å². The molecule has 92 valence electrons. The summed E-state index contributed by atoms with van der Waals surface area (Å²) in [5, 5.41) is -0.421. The quantitative estimate of drug-likeness (QED) is 0.850. The number of aromatic nitrogens is 2. The zero-order chi connectivity index (χ0) is 12.3. The summed E-state index contributed by atoms with van der Waals surface area (Å²) in [5.41, 5.74) is 0. The summed E-state index contributed by atoms with van der Waals surface area (Å²) in [6.45, 7) is 7.60. The van der Waals surface area contributed by atoms with Gasteiger partial charge in [-0.1, -0.05) is 0 Å². The van der Waals surface area contributed by atoms with Crippen molar-refractivity contribution in [3.05, 3.63) is 18.2 Å². The van der Waals surface area contributed by atoms with Gasteiger partial charge in [-0.25, -0.2) is 18.1 Å². The Morgan fingerprint density at radius 1 is 1.38 bits per heavy atom. The molecule has 5 nitrogen and oxygen atoms in total. The molecule has 0 saturated carbocycles. The van der Waals surface area contributed by atoms with E-state index in [1.165, 1.54) is 0 Å². The van der Waals surface area contributed by atoms with Gasteiger partial charge in [-0.05, 0) is 27.7 Å². The number of hydrogen-bond donors (Lipinski definition) is 1. The van der Waals surface area contributed by atoms with Crippen LogP contribution in [0.25, 0.3) is 0 Å². The van der Waals surface area contributed by atoms with Crippen molar-refractivity contribution in [2.24, 2.45) is 0 Å². The lowest BCUT2D eigenvalue weighted by Crippen LogP contribution is -2.31. The molecule has 1 aromatic rings. The Morgan fingerprint density at radius 3 is 2.50 bits per heavy atom. The topological polar surface area (TPSA) is 64.0 Å². The Bertz CT molecular complexity index is 435. The maximum absolute atomic E-state index is 11.6. The SMILES string of the molecule is CC(C)n1ccnc1CNS(=O)(=O)C(C)C. The molecule has 0 unspecified atom stereocenters. The van der Waals surface area contributed by atoms with Crippen molar-refractivity contribution in [3.8, 4) is 0 Å². The minimum Gasteiger partial charge on any atom is -0.331 e. The molecule has 1 rings (SSSR count). The van der Waals surface area contributed by atoms with Gasteiger partial charge in [-0.15, -0.1) is 0 Å². The molecule has 1 heterocycles. The van der Waals surface area contributed by atoms with Crippen molar-refractivity contribution in [1.29, 1.82) is 0 Å². The van der Waals surface area contributed by atoms with E-state index in [1.807, 2.05) is 24.6 Å². The first kappa shape index (κ1) is 13.2. The van der Waals surface area contributed by atoms with Crippen LogP contribution >= 0.6 is 0 Å². The number of nitrogens with one attached hydrogen (secondary N) is 1. The lowest BCUT2D eigenvalue weighted by molar-refractivity contribution is 0.545. The molecule has 0 radical (unpaired) electrons. The van der Waals surface area contributed by atoms with Gasteiger partial charge < -0.3 is 4.57 Å². The third kappa shape index (κ3) is 3.05. The Morgan fingerprint density at radius 2 is 2.00 bits per heavy atom. The van der Waals surface area contributed by atoms with Gasteiger partial charge in [0.2, 0.25) is 10.0 Å². The van der Waals surface area contributed by atoms with Crippen LogP contribution in [0.15, 0.2) is 12.4 Å². The highest BCUT2D eigenvalue weighted by atomic mass is 32.2. The predicted octanol–water partition coefficient (Wildman–Crippen LogP) is 1.29. The van der Waals surface area contributed by atoms with Crippen LogP contribution in [0.2, 0.25) is 0 Å². The molecule has 0 amide bonds. The molecule has 0 aliphatic rings. The first-order chi connectivity index (χ1) is 7.34. The molecule has 16 heavy (non-hydrogen) atoms. The summed E-state index contributed by atoms with van der Waals surface area (Å²) in [6, 6.07) is 0.279. The molecule has 0 saturated heterocycles. The monoisotopic (exact) mass is 245 g/mol. The number of sulfonamides is 1. The minimum absolute atomic E-state index is 0.242. The number of nitrogens with zero attached hydrogens (tertiary/aromatic N) is 2. The molecule has 0 aliphatic carbocycles. The Balaban J connectivity index is 2.72. The first-order valence-electron chi connectivity index (χ1n) is 5.34. The van der Waals surface area contributed by atoms with Crippen LogP contribution in [0.4, 0.5) is 0 Å². The van der Waals surface area contributed by atoms with E-state index < -0.39 is 15.3 Å². The van der Waals surface area contributed by atoms with E-state index in [0.29, 0.717) is 0 Å². The summed E-state index contributed by atoms with van der Waals surface area (Å²) in [4.78, 5) is 4.14. The van der Waals surface area contributed by atoms with Gasteiger partial charge in [0.15, 0.2) is 0 Å². The molecular formula is C10H19N3O2S. The molecule has 0 bridgehead atoms. The summed E-state index contributed by atoms with van der Waals surface area (Å²) >= 11 is 0. The first-order valence-corrected chi connectivity index (χ1v) is 6.89. The Hall–Kier alpha value is -0.880. The van der Waals surface area contributed by atoms with Crippen molar-refractivity contribution in [3.63, 3.8) is 0 Å². The van der Waals surface area contributed by atoms with E-state index >= 15 is 0 Å². The van der Waals surface area contributed by atoms with Gasteiger partial charge in [0.25, 0.3) is 0 Å². The Kier molecular flexibility index (Phi) is 4.09. The van der Waals surface area contributed by atoms with Gasteiger partial charge in [0.05, 0.1) is 11.8 Å². The maximum Gasteiger partial charge on any atom is 0.214 e. The largest absolute Gasteiger partial charge is 0.331 e. The number of imidazole rings is 1. The van der Waals surface area contributed by atoms with Crippen LogP contribution < -0.4 is 4.72 Å². The predicted molar refractivity (Wildman–Crippen MR) is 63.5 cm³/mol. The fraction of sp³-hybridized carbons (Fsp3) is 0.700. The maximum atomic E-state index is 11.6. The van der Waals surface area contributed by atoms with E-state index in [0.717, 1.165) is 5.82 Å². The molecule has 0 fully saturated rings. The van der Waals surface area contributed by atoms with Crippen molar-refractivity contribution in [1.82, 2.24) is 14.3 Å². The second-order valence-corrected chi connectivity index (χ2v) is 6.58. The van der Waals surface area contributed by atoms with E-state index in [4.69, 9.17) is 0 Å². The third-order valence-electron chi connectivity index (χ3n) is 2.36. The molecule has 0 atom stereocenters. The highest BCUT2D eigenvalue weighted by Crippen LogP contribution is 2.08. The van der Waals surface area contributed by atoms with Crippen LogP contribution in [0.1, 0.15) is 39.6 Å². The van der Waals surface area contributed by atoms with Crippen LogP contribution in [0, 0.1) is 0 Å². The number of hydrogen-bond acceptors (Lipinski definition) is 3. The van der Waals surface area contributed by atoms with Crippen LogP contribution in [0.5, 0.6) is 0 Å². The highest BCUT2D eigenvalue weighted by molar-refractivity contribution is 7.90. The second-order valence-electron chi connectivity index (χ2n) is 4.26. The summed E-state index contributed by atoms with van der Waals surface area (Å²) in [5.74, 6) is 0.735. The molecule has 1 N–H and O–H groups in total. The smallest absolute Gasteiger partial charge is 0.214 e. The molecule has 0 aliphatic heterocycles. The van der Waals surface area contributed by atoms with Gasteiger partial charge in [-0.2, -0.15) is 0 Å². The zero-order valence-electron chi connectivity index (χ0n) is 10.1. The summed E-state index contributed by atoms with van der Waals surface area (Å²) in [6.07, 6.45) is 3.53. The standard InChI is InChI=1S/C10H19N3O2S/c1-8(2)13-6-5-11-10(13)7-12-16(14,15)9(3)4/h5-6,8-9,12H,7H2,1-4H3. The normalized spacial score (nSPS) is 12.6. The molecular weight excluding hydrogens is 226 g/mol. The highest BCUT2D eigenvalue weighted by Gasteiger charge is 2.16. The van der Waals surface area contributed by atoms with Gasteiger partial charge >= 0.3 is 0 Å². The summed E-state index contributed by atoms with van der Waals surface area (Å²) < 4.78 is 27.6. The van der Waals surface area contributed by atoms with Crippen LogP contribution in [-0.4, -0.2) is 23.2 Å². The fourth-order valence-electron chi connectivity index (χ4n) is 1.28. The van der Waals surface area contributed by atoms with Crippen LogP contribution in [-0.2, 0) is 16.6 Å². The lowest BCUT2D eigenvalue weighted by atomic mass is 10.4. The van der Waals surface area contributed by atoms with Gasteiger partial charge in [0, 0.05) is 18.4 Å². The van der Waals surface area contributed by atoms with Crippen molar-refractivity contribution >= 4 is 10.0 Å². The summed E-state index contributed by atoms with van der Waals surface area (Å²) in [7, 11) is -3.22. The van der Waals surface area contributed by atoms with E-state index in [2.05, 4.69) is 9.71 Å². The van der Waals surface area contributed by atoms with Gasteiger partial charge in [-0.3, -0.25) is 0 Å².